The highest BCUT2D eigenvalue weighted by molar-refractivity contribution is 7.92. The van der Waals surface area contributed by atoms with E-state index in [1.54, 1.807) is 34.9 Å². The Balaban J connectivity index is 1.56. The first-order valence-electron chi connectivity index (χ1n) is 10.1. The molecule has 5 rings (SSSR count). The predicted octanol–water partition coefficient (Wildman–Crippen LogP) is 4.81. The highest BCUT2D eigenvalue weighted by Crippen LogP contribution is 2.24. The molecule has 0 aliphatic heterocycles. The zero-order valence-corrected chi connectivity index (χ0v) is 17.9. The third kappa shape index (κ3) is 4.10. The molecule has 2 heterocycles. The highest BCUT2D eigenvalue weighted by Gasteiger charge is 2.19. The molecule has 0 fully saturated rings. The van der Waals surface area contributed by atoms with E-state index in [1.165, 1.54) is 5.56 Å². The smallest absolute Gasteiger partial charge is 0.263 e. The molecule has 5 aromatic rings. The lowest BCUT2D eigenvalue weighted by atomic mass is 10.1. The van der Waals surface area contributed by atoms with E-state index in [0.29, 0.717) is 16.9 Å². The van der Waals surface area contributed by atoms with Crippen molar-refractivity contribution in [2.75, 3.05) is 4.72 Å². The summed E-state index contributed by atoms with van der Waals surface area (Å²) in [5.41, 5.74) is 3.57. The van der Waals surface area contributed by atoms with Crippen LogP contribution in [0.1, 0.15) is 11.1 Å². The molecular formula is C25H20N4O2S. The Bertz CT molecular complexity index is 1480. The number of aromatic nitrogens is 3. The van der Waals surface area contributed by atoms with Crippen LogP contribution >= 0.6 is 0 Å². The van der Waals surface area contributed by atoms with Gasteiger partial charge in [0.1, 0.15) is 0 Å². The fourth-order valence-electron chi connectivity index (χ4n) is 3.53. The van der Waals surface area contributed by atoms with Crippen molar-refractivity contribution in [1.29, 1.82) is 0 Å². The van der Waals surface area contributed by atoms with Crippen LogP contribution in [0, 0.1) is 0 Å². The van der Waals surface area contributed by atoms with Gasteiger partial charge >= 0.3 is 0 Å². The van der Waals surface area contributed by atoms with Gasteiger partial charge in [-0.1, -0.05) is 60.7 Å². The molecule has 32 heavy (non-hydrogen) atoms. The number of para-hydroxylation sites is 2. The van der Waals surface area contributed by atoms with Crippen LogP contribution in [0.4, 0.5) is 5.82 Å². The number of anilines is 1. The number of hydrogen-bond donors (Lipinski definition) is 1. The van der Waals surface area contributed by atoms with E-state index in [4.69, 9.17) is 4.98 Å². The van der Waals surface area contributed by atoms with Crippen molar-refractivity contribution in [2.45, 2.75) is 11.3 Å². The van der Waals surface area contributed by atoms with Gasteiger partial charge in [0.15, 0.2) is 11.6 Å². The molecule has 0 radical (unpaired) electrons. The van der Waals surface area contributed by atoms with Gasteiger partial charge in [0.2, 0.25) is 0 Å². The number of fused-ring (bicyclic) bond motifs is 1. The van der Waals surface area contributed by atoms with Gasteiger partial charge in [-0.3, -0.25) is 4.72 Å². The average Bonchev–Trinajstić information content (AvgIpc) is 3.28. The quantitative estimate of drug-likeness (QED) is 0.411. The maximum Gasteiger partial charge on any atom is 0.263 e. The number of nitrogens with zero attached hydrogens (tertiary/aromatic N) is 3. The Labute approximate surface area is 186 Å². The first-order chi connectivity index (χ1) is 15.6. The van der Waals surface area contributed by atoms with Crippen molar-refractivity contribution in [3.05, 3.63) is 115 Å². The van der Waals surface area contributed by atoms with Crippen molar-refractivity contribution in [3.8, 4) is 5.82 Å². The number of sulfonamides is 1. The Morgan fingerprint density at radius 3 is 2.06 bits per heavy atom. The molecule has 1 N–H and O–H groups in total. The summed E-state index contributed by atoms with van der Waals surface area (Å²) in [6.45, 7) is 0. The topological polar surface area (TPSA) is 76.9 Å². The minimum absolute atomic E-state index is 0.165. The van der Waals surface area contributed by atoms with Crippen LogP contribution in [0.25, 0.3) is 16.9 Å². The SMILES string of the molecule is O=S(=O)(Nc1nc2ccccc2nc1-n1ccc(Cc2ccccc2)c1)c1ccccc1. The number of hydrogen-bond acceptors (Lipinski definition) is 4. The van der Waals surface area contributed by atoms with E-state index < -0.39 is 10.0 Å². The molecule has 0 aliphatic carbocycles. The Hall–Kier alpha value is -3.97. The van der Waals surface area contributed by atoms with Gasteiger partial charge < -0.3 is 4.57 Å². The molecule has 7 heteroatoms. The summed E-state index contributed by atoms with van der Waals surface area (Å²) < 4.78 is 30.4. The highest BCUT2D eigenvalue weighted by atomic mass is 32.2. The second kappa shape index (κ2) is 8.28. The predicted molar refractivity (Wildman–Crippen MR) is 125 cm³/mol. The van der Waals surface area contributed by atoms with E-state index in [9.17, 15) is 8.42 Å². The molecule has 2 aromatic heterocycles. The van der Waals surface area contributed by atoms with Gasteiger partial charge in [-0.2, -0.15) is 0 Å². The Morgan fingerprint density at radius 2 is 1.34 bits per heavy atom. The summed E-state index contributed by atoms with van der Waals surface area (Å²) >= 11 is 0. The lowest BCUT2D eigenvalue weighted by molar-refractivity contribution is 0.601. The van der Waals surface area contributed by atoms with Crippen LogP contribution in [-0.2, 0) is 16.4 Å². The first-order valence-corrected chi connectivity index (χ1v) is 11.6. The van der Waals surface area contributed by atoms with E-state index >= 15 is 0 Å². The van der Waals surface area contributed by atoms with E-state index in [-0.39, 0.29) is 10.7 Å². The van der Waals surface area contributed by atoms with Crippen LogP contribution in [-0.4, -0.2) is 23.0 Å². The van der Waals surface area contributed by atoms with E-state index in [0.717, 1.165) is 12.0 Å². The van der Waals surface area contributed by atoms with Crippen LogP contribution in [0.15, 0.2) is 108 Å². The van der Waals surface area contributed by atoms with Crippen molar-refractivity contribution >= 4 is 26.9 Å². The van der Waals surface area contributed by atoms with Crippen molar-refractivity contribution < 1.29 is 8.42 Å². The standard InChI is InChI=1S/C25H20N4O2S/c30-32(31,21-11-5-2-6-12-21)28-24-25(27-23-14-8-7-13-22(23)26-24)29-16-15-20(18-29)17-19-9-3-1-4-10-19/h1-16,18H,17H2,(H,26,28). The molecule has 0 saturated carbocycles. The molecule has 0 amide bonds. The average molecular weight is 441 g/mol. The summed E-state index contributed by atoms with van der Waals surface area (Å²) in [4.78, 5) is 9.46. The van der Waals surface area contributed by atoms with Gasteiger partial charge in [-0.05, 0) is 47.9 Å². The second-order valence-corrected chi connectivity index (χ2v) is 9.07. The molecule has 158 valence electrons. The summed E-state index contributed by atoms with van der Waals surface area (Å²) in [6, 6.07) is 27.8. The largest absolute Gasteiger partial charge is 0.305 e. The van der Waals surface area contributed by atoms with E-state index in [2.05, 4.69) is 21.8 Å². The normalized spacial score (nSPS) is 11.5. The number of benzene rings is 3. The fourth-order valence-corrected chi connectivity index (χ4v) is 4.56. The Kier molecular flexibility index (Phi) is 5.17. The fraction of sp³-hybridized carbons (Fsp3) is 0.0400. The third-order valence-electron chi connectivity index (χ3n) is 5.09. The second-order valence-electron chi connectivity index (χ2n) is 7.39. The van der Waals surface area contributed by atoms with Crippen molar-refractivity contribution in [3.63, 3.8) is 0 Å². The van der Waals surface area contributed by atoms with Crippen LogP contribution in [0.3, 0.4) is 0 Å². The summed E-state index contributed by atoms with van der Waals surface area (Å²) in [6.07, 6.45) is 4.59. The molecule has 0 unspecified atom stereocenters. The lowest BCUT2D eigenvalue weighted by Crippen LogP contribution is -2.16. The minimum Gasteiger partial charge on any atom is -0.305 e. The van der Waals surface area contributed by atoms with Crippen molar-refractivity contribution in [2.24, 2.45) is 0 Å². The molecular weight excluding hydrogens is 420 g/mol. The molecule has 6 nitrogen and oxygen atoms in total. The van der Waals surface area contributed by atoms with Crippen LogP contribution in [0.5, 0.6) is 0 Å². The van der Waals surface area contributed by atoms with Gasteiger partial charge in [-0.25, -0.2) is 18.4 Å². The maximum atomic E-state index is 13.0. The Morgan fingerprint density at radius 1 is 0.719 bits per heavy atom. The van der Waals surface area contributed by atoms with E-state index in [1.807, 2.05) is 60.9 Å². The third-order valence-corrected chi connectivity index (χ3v) is 6.44. The molecule has 0 aliphatic rings. The lowest BCUT2D eigenvalue weighted by Gasteiger charge is -2.13. The maximum absolute atomic E-state index is 13.0. The monoisotopic (exact) mass is 440 g/mol. The van der Waals surface area contributed by atoms with Gasteiger partial charge in [0, 0.05) is 12.4 Å². The van der Waals surface area contributed by atoms with Gasteiger partial charge in [0.25, 0.3) is 10.0 Å². The summed E-state index contributed by atoms with van der Waals surface area (Å²) in [5.74, 6) is 0.594. The summed E-state index contributed by atoms with van der Waals surface area (Å²) in [5, 5.41) is 0. The first kappa shape index (κ1) is 20.0. The molecule has 0 atom stereocenters. The van der Waals surface area contributed by atoms with Crippen LogP contribution < -0.4 is 4.72 Å². The van der Waals surface area contributed by atoms with Gasteiger partial charge in [-0.15, -0.1) is 0 Å². The zero-order chi connectivity index (χ0) is 22.0. The number of rotatable bonds is 6. The molecule has 0 spiro atoms. The van der Waals surface area contributed by atoms with Crippen LogP contribution in [0.2, 0.25) is 0 Å². The number of nitrogens with one attached hydrogen (secondary N) is 1. The van der Waals surface area contributed by atoms with Crippen molar-refractivity contribution in [1.82, 2.24) is 14.5 Å². The minimum atomic E-state index is -3.82. The molecule has 0 bridgehead atoms. The molecule has 3 aromatic carbocycles. The molecule has 0 saturated heterocycles. The zero-order valence-electron chi connectivity index (χ0n) is 17.1. The van der Waals surface area contributed by atoms with Gasteiger partial charge in [0.05, 0.1) is 15.9 Å². The summed E-state index contributed by atoms with van der Waals surface area (Å²) in [7, 11) is -3.82.